The van der Waals surface area contributed by atoms with Gasteiger partial charge in [-0.2, -0.15) is 0 Å². The molecule has 16 heavy (non-hydrogen) atoms. The minimum absolute atomic E-state index is 0.00847. The summed E-state index contributed by atoms with van der Waals surface area (Å²) in [6.45, 7) is 2.57. The zero-order valence-electron chi connectivity index (χ0n) is 9.82. The Hall–Kier alpha value is -0.620. The molecule has 1 rings (SSSR count). The average Bonchev–Trinajstić information content (AvgIpc) is 2.16. The number of hydrogen-bond donors (Lipinski definition) is 2. The Morgan fingerprint density at radius 2 is 2.19 bits per heavy atom. The molecule has 1 aliphatic heterocycles. The van der Waals surface area contributed by atoms with Gasteiger partial charge in [-0.25, -0.2) is 8.42 Å². The summed E-state index contributed by atoms with van der Waals surface area (Å²) < 4.78 is 22.1. The van der Waals surface area contributed by atoms with Crippen molar-refractivity contribution in [2.24, 2.45) is 0 Å². The third-order valence-corrected chi connectivity index (χ3v) is 3.67. The van der Waals surface area contributed by atoms with Crippen LogP contribution in [0.25, 0.3) is 0 Å². The van der Waals surface area contributed by atoms with Gasteiger partial charge in [0.25, 0.3) is 0 Å². The average molecular weight is 248 g/mol. The van der Waals surface area contributed by atoms with E-state index in [1.165, 1.54) is 6.26 Å². The van der Waals surface area contributed by atoms with Crippen molar-refractivity contribution in [3.8, 4) is 0 Å². The van der Waals surface area contributed by atoms with Crippen molar-refractivity contribution in [3.05, 3.63) is 0 Å². The van der Waals surface area contributed by atoms with Gasteiger partial charge in [-0.05, 0) is 26.3 Å². The lowest BCUT2D eigenvalue weighted by Crippen LogP contribution is -2.50. The number of rotatable bonds is 4. The summed E-state index contributed by atoms with van der Waals surface area (Å²) in [6.07, 6.45) is 4.15. The quantitative estimate of drug-likeness (QED) is 0.715. The van der Waals surface area contributed by atoms with Crippen LogP contribution in [-0.2, 0) is 14.6 Å². The minimum Gasteiger partial charge on any atom is -0.351 e. The normalized spacial score (nSPS) is 23.8. The molecule has 1 amide bonds. The maximum absolute atomic E-state index is 11.7. The first kappa shape index (κ1) is 13.4. The van der Waals surface area contributed by atoms with Crippen LogP contribution in [0.5, 0.6) is 0 Å². The fourth-order valence-corrected chi connectivity index (χ4v) is 2.91. The van der Waals surface area contributed by atoms with E-state index in [2.05, 4.69) is 10.6 Å². The number of nitrogens with one attached hydrogen (secondary N) is 2. The van der Waals surface area contributed by atoms with E-state index in [0.717, 1.165) is 25.8 Å². The van der Waals surface area contributed by atoms with Gasteiger partial charge in [-0.1, -0.05) is 6.42 Å². The number of carbonyl (C=O) groups is 1. The Labute approximate surface area is 96.9 Å². The van der Waals surface area contributed by atoms with E-state index in [-0.39, 0.29) is 23.7 Å². The molecule has 1 saturated heterocycles. The molecule has 0 aliphatic carbocycles. The van der Waals surface area contributed by atoms with Crippen molar-refractivity contribution >= 4 is 15.7 Å². The predicted molar refractivity (Wildman–Crippen MR) is 63.0 cm³/mol. The fourth-order valence-electron chi connectivity index (χ4n) is 1.91. The molecule has 0 radical (unpaired) electrons. The maximum atomic E-state index is 11.7. The summed E-state index contributed by atoms with van der Waals surface area (Å²) in [4.78, 5) is 11.7. The second-order valence-electron chi connectivity index (χ2n) is 4.50. The van der Waals surface area contributed by atoms with Gasteiger partial charge in [-0.15, -0.1) is 0 Å². The van der Waals surface area contributed by atoms with Gasteiger partial charge in [0.15, 0.2) is 0 Å². The number of hydrogen-bond acceptors (Lipinski definition) is 4. The Kier molecular flexibility index (Phi) is 4.73. The van der Waals surface area contributed by atoms with E-state index in [9.17, 15) is 13.2 Å². The Balaban J connectivity index is 2.38. The SMILES string of the molecule is CC(CS(C)(=O)=O)NC(=O)C1CCCCN1. The lowest BCUT2D eigenvalue weighted by atomic mass is 10.0. The van der Waals surface area contributed by atoms with E-state index in [0.29, 0.717) is 0 Å². The van der Waals surface area contributed by atoms with Gasteiger partial charge in [0, 0.05) is 12.3 Å². The summed E-state index contributed by atoms with van der Waals surface area (Å²) in [7, 11) is -3.03. The predicted octanol–water partition coefficient (Wildman–Crippen LogP) is -0.322. The molecule has 2 N–H and O–H groups in total. The Morgan fingerprint density at radius 3 is 2.69 bits per heavy atom. The molecule has 2 atom stereocenters. The third kappa shape index (κ3) is 4.94. The molecule has 0 aromatic carbocycles. The summed E-state index contributed by atoms with van der Waals surface area (Å²) >= 11 is 0. The molecule has 0 aromatic rings. The van der Waals surface area contributed by atoms with Crippen LogP contribution in [-0.4, -0.2) is 45.0 Å². The first-order valence-corrected chi connectivity index (χ1v) is 7.66. The van der Waals surface area contributed by atoms with Crippen LogP contribution in [0.15, 0.2) is 0 Å². The van der Waals surface area contributed by atoms with Crippen LogP contribution >= 0.6 is 0 Å². The molecule has 0 aromatic heterocycles. The molecule has 0 spiro atoms. The zero-order valence-corrected chi connectivity index (χ0v) is 10.6. The molecule has 1 aliphatic rings. The molecular weight excluding hydrogens is 228 g/mol. The highest BCUT2D eigenvalue weighted by atomic mass is 32.2. The molecule has 2 unspecified atom stereocenters. The third-order valence-electron chi connectivity index (χ3n) is 2.57. The minimum atomic E-state index is -3.03. The van der Waals surface area contributed by atoms with Gasteiger partial charge in [-0.3, -0.25) is 4.79 Å². The van der Waals surface area contributed by atoms with Crippen LogP contribution in [0.2, 0.25) is 0 Å². The Bertz CT molecular complexity index is 334. The van der Waals surface area contributed by atoms with E-state index >= 15 is 0 Å². The number of carbonyl (C=O) groups excluding carboxylic acids is 1. The lowest BCUT2D eigenvalue weighted by Gasteiger charge is -2.24. The highest BCUT2D eigenvalue weighted by Crippen LogP contribution is 2.07. The summed E-state index contributed by atoms with van der Waals surface area (Å²) in [5.74, 6) is -0.0956. The number of sulfone groups is 1. The molecule has 94 valence electrons. The topological polar surface area (TPSA) is 75.3 Å². The van der Waals surface area contributed by atoms with Crippen molar-refractivity contribution < 1.29 is 13.2 Å². The summed E-state index contributed by atoms with van der Waals surface area (Å²) in [6, 6.07) is -0.484. The number of amides is 1. The number of piperidine rings is 1. The van der Waals surface area contributed by atoms with Crippen LogP contribution < -0.4 is 10.6 Å². The van der Waals surface area contributed by atoms with Gasteiger partial charge < -0.3 is 10.6 Å². The fraction of sp³-hybridized carbons (Fsp3) is 0.900. The highest BCUT2D eigenvalue weighted by Gasteiger charge is 2.22. The van der Waals surface area contributed by atoms with Gasteiger partial charge >= 0.3 is 0 Å². The molecule has 6 heteroatoms. The zero-order chi connectivity index (χ0) is 12.2. The van der Waals surface area contributed by atoms with E-state index in [1.54, 1.807) is 6.92 Å². The van der Waals surface area contributed by atoms with E-state index in [1.807, 2.05) is 0 Å². The van der Waals surface area contributed by atoms with E-state index in [4.69, 9.17) is 0 Å². The van der Waals surface area contributed by atoms with E-state index < -0.39 is 9.84 Å². The molecular formula is C10H20N2O3S. The van der Waals surface area contributed by atoms with Crippen molar-refractivity contribution in [1.29, 1.82) is 0 Å². The maximum Gasteiger partial charge on any atom is 0.237 e. The van der Waals surface area contributed by atoms with Gasteiger partial charge in [0.05, 0.1) is 11.8 Å². The molecule has 0 bridgehead atoms. The highest BCUT2D eigenvalue weighted by molar-refractivity contribution is 7.90. The lowest BCUT2D eigenvalue weighted by molar-refractivity contribution is -0.124. The Morgan fingerprint density at radius 1 is 1.50 bits per heavy atom. The molecule has 1 fully saturated rings. The van der Waals surface area contributed by atoms with Gasteiger partial charge in [0.1, 0.15) is 9.84 Å². The first-order valence-electron chi connectivity index (χ1n) is 5.60. The van der Waals surface area contributed by atoms with Crippen molar-refractivity contribution in [2.75, 3.05) is 18.6 Å². The molecule has 1 heterocycles. The van der Waals surface area contributed by atoms with Crippen LogP contribution in [0.4, 0.5) is 0 Å². The molecule has 0 saturated carbocycles. The summed E-state index contributed by atoms with van der Waals surface area (Å²) in [5, 5.41) is 5.85. The standard InChI is InChI=1S/C10H20N2O3S/c1-8(7-16(2,14)15)12-10(13)9-5-3-4-6-11-9/h8-9,11H,3-7H2,1-2H3,(H,12,13). The van der Waals surface area contributed by atoms with Crippen molar-refractivity contribution in [2.45, 2.75) is 38.3 Å². The first-order chi connectivity index (χ1) is 7.38. The van der Waals surface area contributed by atoms with Crippen LogP contribution in [0.3, 0.4) is 0 Å². The van der Waals surface area contributed by atoms with Crippen molar-refractivity contribution in [1.82, 2.24) is 10.6 Å². The largest absolute Gasteiger partial charge is 0.351 e. The van der Waals surface area contributed by atoms with Crippen molar-refractivity contribution in [3.63, 3.8) is 0 Å². The van der Waals surface area contributed by atoms with Crippen LogP contribution in [0.1, 0.15) is 26.2 Å². The smallest absolute Gasteiger partial charge is 0.237 e. The summed E-state index contributed by atoms with van der Waals surface area (Å²) in [5.41, 5.74) is 0. The second kappa shape index (κ2) is 5.63. The monoisotopic (exact) mass is 248 g/mol. The van der Waals surface area contributed by atoms with Crippen LogP contribution in [0, 0.1) is 0 Å². The van der Waals surface area contributed by atoms with Gasteiger partial charge in [0.2, 0.25) is 5.91 Å². The second-order valence-corrected chi connectivity index (χ2v) is 6.69. The molecule has 5 nitrogen and oxygen atoms in total.